The molecule has 10 heteroatoms. The molecule has 1 aliphatic heterocycles. The predicted molar refractivity (Wildman–Crippen MR) is 179 cm³/mol. The van der Waals surface area contributed by atoms with E-state index >= 15 is 0 Å². The Morgan fingerprint density at radius 1 is 1.02 bits per heavy atom. The number of likely N-dealkylation sites (N-methyl/N-ethyl adjacent to an activating group) is 1. The molecule has 1 aromatic carbocycles. The molecular weight excluding hydrogens is 581 g/mol. The van der Waals surface area contributed by atoms with Gasteiger partial charge in [-0.25, -0.2) is 4.79 Å². The Balaban J connectivity index is 1.61. The number of ether oxygens (including phenoxy) is 1. The van der Waals surface area contributed by atoms with Gasteiger partial charge in [0.2, 0.25) is 11.8 Å². The highest BCUT2D eigenvalue weighted by Gasteiger charge is 2.32. The average molecular weight is 635 g/mol. The Hall–Kier alpha value is -1.91. The van der Waals surface area contributed by atoms with Crippen molar-refractivity contribution in [3.63, 3.8) is 0 Å². The SMILES string of the molecule is CSCN(CC(=O)NC(CSCC1CCCCCC1)C(=O)N(C)C1CCN(Cc2ccccc2)CC1)C(=O)OC(C)(C)C. The zero-order valence-electron chi connectivity index (χ0n) is 27.0. The molecule has 1 N–H and O–H groups in total. The van der Waals surface area contributed by atoms with Gasteiger partial charge in [-0.1, -0.05) is 56.0 Å². The second-order valence-electron chi connectivity index (χ2n) is 13.1. The number of thioether (sulfide) groups is 2. The van der Waals surface area contributed by atoms with Crippen molar-refractivity contribution in [2.75, 3.05) is 50.3 Å². The number of carbonyl (C=O) groups is 3. The van der Waals surface area contributed by atoms with Gasteiger partial charge in [-0.3, -0.25) is 19.4 Å². The van der Waals surface area contributed by atoms with Crippen LogP contribution in [0.15, 0.2) is 30.3 Å². The van der Waals surface area contributed by atoms with Crippen molar-refractivity contribution >= 4 is 41.4 Å². The van der Waals surface area contributed by atoms with Crippen LogP contribution in [-0.4, -0.2) is 101 Å². The van der Waals surface area contributed by atoms with Gasteiger partial charge in [0.15, 0.2) is 0 Å². The summed E-state index contributed by atoms with van der Waals surface area (Å²) >= 11 is 3.23. The van der Waals surface area contributed by atoms with Crippen molar-refractivity contribution in [3.8, 4) is 0 Å². The zero-order chi connectivity index (χ0) is 31.2. The number of benzene rings is 1. The fourth-order valence-electron chi connectivity index (χ4n) is 5.85. The highest BCUT2D eigenvalue weighted by molar-refractivity contribution is 7.99. The Morgan fingerprint density at radius 3 is 2.28 bits per heavy atom. The molecule has 8 nitrogen and oxygen atoms in total. The number of rotatable bonds is 13. The van der Waals surface area contributed by atoms with Gasteiger partial charge < -0.3 is 15.0 Å². The van der Waals surface area contributed by atoms with Crippen LogP contribution in [-0.2, 0) is 20.9 Å². The molecule has 0 aromatic heterocycles. The first-order valence-electron chi connectivity index (χ1n) is 15.9. The molecule has 2 fully saturated rings. The maximum atomic E-state index is 13.9. The number of nitrogens with zero attached hydrogens (tertiary/aromatic N) is 3. The third-order valence-corrected chi connectivity index (χ3v) is 10.1. The summed E-state index contributed by atoms with van der Waals surface area (Å²) in [5.74, 6) is 2.18. The Morgan fingerprint density at radius 2 is 1.67 bits per heavy atom. The van der Waals surface area contributed by atoms with Gasteiger partial charge in [-0.05, 0) is 69.9 Å². The van der Waals surface area contributed by atoms with E-state index in [1.807, 2.05) is 45.0 Å². The summed E-state index contributed by atoms with van der Waals surface area (Å²) in [6.07, 6.45) is 10.9. The first-order chi connectivity index (χ1) is 20.6. The smallest absolute Gasteiger partial charge is 0.411 e. The van der Waals surface area contributed by atoms with E-state index in [4.69, 9.17) is 4.74 Å². The van der Waals surface area contributed by atoms with Crippen molar-refractivity contribution in [3.05, 3.63) is 35.9 Å². The highest BCUT2D eigenvalue weighted by Crippen LogP contribution is 2.27. The second-order valence-corrected chi connectivity index (χ2v) is 15.0. The molecule has 1 saturated carbocycles. The minimum atomic E-state index is -0.656. The van der Waals surface area contributed by atoms with E-state index in [9.17, 15) is 14.4 Å². The van der Waals surface area contributed by atoms with Gasteiger partial charge in [-0.2, -0.15) is 11.8 Å². The molecule has 43 heavy (non-hydrogen) atoms. The Labute approximate surface area is 268 Å². The molecule has 1 saturated heterocycles. The quantitative estimate of drug-likeness (QED) is 0.215. The summed E-state index contributed by atoms with van der Waals surface area (Å²) in [6.45, 7) is 8.08. The van der Waals surface area contributed by atoms with Crippen molar-refractivity contribution in [1.82, 2.24) is 20.0 Å². The van der Waals surface area contributed by atoms with Crippen LogP contribution in [0, 0.1) is 5.92 Å². The number of carbonyl (C=O) groups excluding carboxylic acids is 3. The molecule has 1 aromatic rings. The summed E-state index contributed by atoms with van der Waals surface area (Å²) in [7, 11) is 1.88. The van der Waals surface area contributed by atoms with Crippen molar-refractivity contribution < 1.29 is 19.1 Å². The molecule has 1 heterocycles. The lowest BCUT2D eigenvalue weighted by atomic mass is 10.0. The van der Waals surface area contributed by atoms with E-state index in [0.717, 1.165) is 38.2 Å². The van der Waals surface area contributed by atoms with Crippen molar-refractivity contribution in [1.29, 1.82) is 0 Å². The highest BCUT2D eigenvalue weighted by atomic mass is 32.2. The lowest BCUT2D eigenvalue weighted by Crippen LogP contribution is -2.55. The first-order valence-corrected chi connectivity index (χ1v) is 18.5. The number of amides is 3. The molecule has 1 atom stereocenters. The summed E-state index contributed by atoms with van der Waals surface area (Å²) in [5, 5.41) is 3.01. The summed E-state index contributed by atoms with van der Waals surface area (Å²) in [4.78, 5) is 45.7. The van der Waals surface area contributed by atoms with Gasteiger partial charge >= 0.3 is 6.09 Å². The van der Waals surface area contributed by atoms with Gasteiger partial charge in [-0.15, -0.1) is 11.8 Å². The number of hydrogen-bond acceptors (Lipinski definition) is 7. The minimum Gasteiger partial charge on any atom is -0.444 e. The van der Waals surface area contributed by atoms with Crippen molar-refractivity contribution in [2.45, 2.75) is 96.4 Å². The van der Waals surface area contributed by atoms with Crippen LogP contribution < -0.4 is 5.32 Å². The zero-order valence-corrected chi connectivity index (χ0v) is 28.6. The molecule has 1 aliphatic carbocycles. The number of nitrogens with one attached hydrogen (secondary N) is 1. The normalized spacial score (nSPS) is 18.0. The molecule has 3 rings (SSSR count). The van der Waals surface area contributed by atoms with E-state index in [0.29, 0.717) is 17.5 Å². The monoisotopic (exact) mass is 634 g/mol. The van der Waals surface area contributed by atoms with Crippen LogP contribution in [0.5, 0.6) is 0 Å². The van der Waals surface area contributed by atoms with Gasteiger partial charge in [0.1, 0.15) is 18.2 Å². The molecule has 1 unspecified atom stereocenters. The van der Waals surface area contributed by atoms with Gasteiger partial charge in [0.25, 0.3) is 0 Å². The molecule has 242 valence electrons. The molecule has 2 aliphatic rings. The van der Waals surface area contributed by atoms with E-state index in [2.05, 4.69) is 34.5 Å². The van der Waals surface area contributed by atoms with Crippen LogP contribution in [0.25, 0.3) is 0 Å². The standard InChI is InChI=1S/C33H54N4O4S2/c1-33(2,3)41-32(40)37(25-42-5)22-30(38)34-29(24-43-23-27-15-9-6-7-10-16-27)31(39)35(4)28-17-19-36(20-18-28)21-26-13-11-8-12-14-26/h8,11-14,27-29H,6-7,9-10,15-25H2,1-5H3,(H,34,38). The summed E-state index contributed by atoms with van der Waals surface area (Å²) in [6, 6.07) is 10.0. The van der Waals surface area contributed by atoms with Gasteiger partial charge in [0.05, 0.1) is 5.88 Å². The van der Waals surface area contributed by atoms with Crippen LogP contribution in [0.3, 0.4) is 0 Å². The molecule has 0 bridgehead atoms. The van der Waals surface area contributed by atoms with E-state index in [1.165, 1.54) is 60.8 Å². The third-order valence-electron chi connectivity index (χ3n) is 8.22. The molecule has 3 amide bonds. The summed E-state index contributed by atoms with van der Waals surface area (Å²) < 4.78 is 5.52. The number of likely N-dealkylation sites (tertiary alicyclic amines) is 1. The lowest BCUT2D eigenvalue weighted by molar-refractivity contribution is -0.137. The summed E-state index contributed by atoms with van der Waals surface area (Å²) in [5.41, 5.74) is 0.650. The van der Waals surface area contributed by atoms with E-state index < -0.39 is 17.7 Å². The number of hydrogen-bond donors (Lipinski definition) is 1. The predicted octanol–water partition coefficient (Wildman–Crippen LogP) is 5.86. The fourth-order valence-corrected chi connectivity index (χ4v) is 7.62. The van der Waals surface area contributed by atoms with Crippen LogP contribution in [0.4, 0.5) is 4.79 Å². The topological polar surface area (TPSA) is 82.2 Å². The average Bonchev–Trinajstić information content (AvgIpc) is 3.25. The van der Waals surface area contributed by atoms with Crippen molar-refractivity contribution in [2.24, 2.45) is 5.92 Å². The minimum absolute atomic E-state index is 0.0445. The molecule has 0 radical (unpaired) electrons. The van der Waals surface area contributed by atoms with Crippen LogP contribution in [0.2, 0.25) is 0 Å². The van der Waals surface area contributed by atoms with Crippen LogP contribution in [0.1, 0.15) is 77.7 Å². The largest absolute Gasteiger partial charge is 0.444 e. The number of piperidine rings is 1. The molecule has 0 spiro atoms. The Kier molecular flexibility index (Phi) is 15.0. The third kappa shape index (κ3) is 12.9. The maximum absolute atomic E-state index is 13.9. The van der Waals surface area contributed by atoms with E-state index in [1.54, 1.807) is 11.8 Å². The lowest BCUT2D eigenvalue weighted by Gasteiger charge is -2.38. The first kappa shape index (κ1) is 35.6. The van der Waals surface area contributed by atoms with Crippen LogP contribution >= 0.6 is 23.5 Å². The maximum Gasteiger partial charge on any atom is 0.411 e. The fraction of sp³-hybridized carbons (Fsp3) is 0.727. The van der Waals surface area contributed by atoms with Gasteiger partial charge in [0, 0.05) is 38.5 Å². The van der Waals surface area contributed by atoms with E-state index in [-0.39, 0.29) is 24.4 Å². The Bertz CT molecular complexity index is 990. The second kappa shape index (κ2) is 18.2. The molecular formula is C33H54N4O4S2.